The Morgan fingerprint density at radius 1 is 1.12 bits per heavy atom. The van der Waals surface area contributed by atoms with Crippen molar-refractivity contribution in [2.45, 2.75) is 18.2 Å². The highest BCUT2D eigenvalue weighted by Crippen LogP contribution is 2.22. The van der Waals surface area contributed by atoms with Gasteiger partial charge in [0.15, 0.2) is 0 Å². The second-order valence-electron chi connectivity index (χ2n) is 6.88. The lowest BCUT2D eigenvalue weighted by molar-refractivity contribution is 0.430. The van der Waals surface area contributed by atoms with E-state index in [0.717, 1.165) is 22.1 Å². The Morgan fingerprint density at radius 2 is 1.82 bits per heavy atom. The molecule has 0 unspecified atom stereocenters. The summed E-state index contributed by atoms with van der Waals surface area (Å²) in [5.74, 6) is -0.574. The highest BCUT2D eigenvalue weighted by atomic mass is 32.2. The summed E-state index contributed by atoms with van der Waals surface area (Å²) in [4.78, 5) is 30.7. The Morgan fingerprint density at radius 3 is 2.47 bits per heavy atom. The van der Waals surface area contributed by atoms with E-state index < -0.39 is 27.2 Å². The Hall–Kier alpha value is -4.10. The number of aromatic nitrogens is 4. The molecule has 2 heterocycles. The Bertz CT molecular complexity index is 1570. The first-order chi connectivity index (χ1) is 16.3. The Kier molecular flexibility index (Phi) is 6.38. The third-order valence-electron chi connectivity index (χ3n) is 4.62. The standard InChI is InChI=1S/C21H18N6O5S2/c1-2-17-24-25-20(33-17)26-34(31,32)15-10-8-13(9-11-15)22-12-16-18(28)23-21(30)27(19(16)29)14-6-4-3-5-7-14/h3-12,29H,2H2,1H3,(H,25,26)(H,23,28,30). The van der Waals surface area contributed by atoms with Crippen LogP contribution in [0.25, 0.3) is 5.69 Å². The molecule has 13 heteroatoms. The molecule has 0 spiro atoms. The quantitative estimate of drug-likeness (QED) is 0.329. The highest BCUT2D eigenvalue weighted by Gasteiger charge is 2.17. The molecule has 0 aliphatic carbocycles. The van der Waals surface area contributed by atoms with Crippen LogP contribution in [0.4, 0.5) is 10.8 Å². The van der Waals surface area contributed by atoms with Gasteiger partial charge < -0.3 is 5.11 Å². The summed E-state index contributed by atoms with van der Waals surface area (Å²) in [5.41, 5.74) is -1.16. The topological polar surface area (TPSA) is 159 Å². The van der Waals surface area contributed by atoms with Crippen molar-refractivity contribution in [2.75, 3.05) is 4.72 Å². The highest BCUT2D eigenvalue weighted by molar-refractivity contribution is 7.93. The molecule has 0 amide bonds. The minimum absolute atomic E-state index is 0.0157. The molecule has 0 aliphatic heterocycles. The van der Waals surface area contributed by atoms with Gasteiger partial charge in [-0.05, 0) is 42.8 Å². The van der Waals surface area contributed by atoms with Gasteiger partial charge in [-0.25, -0.2) is 17.8 Å². The van der Waals surface area contributed by atoms with Crippen molar-refractivity contribution in [1.29, 1.82) is 0 Å². The summed E-state index contributed by atoms with van der Waals surface area (Å²) in [6.45, 7) is 1.89. The van der Waals surface area contributed by atoms with E-state index in [-0.39, 0.29) is 15.6 Å². The van der Waals surface area contributed by atoms with Crippen molar-refractivity contribution in [3.8, 4) is 11.6 Å². The minimum Gasteiger partial charge on any atom is -0.493 e. The zero-order chi connectivity index (χ0) is 24.3. The number of sulfonamides is 1. The van der Waals surface area contributed by atoms with Crippen LogP contribution in [0.3, 0.4) is 0 Å². The van der Waals surface area contributed by atoms with Crippen molar-refractivity contribution in [1.82, 2.24) is 19.7 Å². The number of benzene rings is 2. The first-order valence-corrected chi connectivity index (χ1v) is 12.2. The van der Waals surface area contributed by atoms with Gasteiger partial charge in [-0.1, -0.05) is 36.5 Å². The van der Waals surface area contributed by atoms with Crippen LogP contribution in [-0.2, 0) is 16.4 Å². The van der Waals surface area contributed by atoms with Crippen LogP contribution in [0.2, 0.25) is 0 Å². The number of para-hydroxylation sites is 1. The lowest BCUT2D eigenvalue weighted by Crippen LogP contribution is -2.31. The molecule has 4 rings (SSSR count). The van der Waals surface area contributed by atoms with E-state index in [1.54, 1.807) is 30.3 Å². The normalized spacial score (nSPS) is 11.7. The fraction of sp³-hybridized carbons (Fsp3) is 0.0952. The van der Waals surface area contributed by atoms with E-state index in [0.29, 0.717) is 22.8 Å². The summed E-state index contributed by atoms with van der Waals surface area (Å²) in [6, 6.07) is 13.8. The molecular formula is C21H18N6O5S2. The predicted molar refractivity (Wildman–Crippen MR) is 128 cm³/mol. The van der Waals surface area contributed by atoms with Crippen molar-refractivity contribution in [3.63, 3.8) is 0 Å². The van der Waals surface area contributed by atoms with Gasteiger partial charge in [0.2, 0.25) is 11.0 Å². The monoisotopic (exact) mass is 498 g/mol. The van der Waals surface area contributed by atoms with Gasteiger partial charge in [-0.3, -0.25) is 19.5 Å². The lowest BCUT2D eigenvalue weighted by atomic mass is 10.3. The van der Waals surface area contributed by atoms with Gasteiger partial charge >= 0.3 is 5.69 Å². The van der Waals surface area contributed by atoms with E-state index in [4.69, 9.17) is 0 Å². The maximum atomic E-state index is 12.6. The number of aliphatic imine (C=N–C) groups is 1. The Balaban J connectivity index is 1.59. The maximum Gasteiger partial charge on any atom is 0.335 e. The molecule has 34 heavy (non-hydrogen) atoms. The van der Waals surface area contributed by atoms with E-state index in [1.807, 2.05) is 6.92 Å². The van der Waals surface area contributed by atoms with Gasteiger partial charge in [-0.15, -0.1) is 10.2 Å². The van der Waals surface area contributed by atoms with Crippen LogP contribution >= 0.6 is 11.3 Å². The van der Waals surface area contributed by atoms with Crippen LogP contribution in [0.15, 0.2) is 74.1 Å². The second kappa shape index (κ2) is 9.41. The molecule has 4 aromatic rings. The fourth-order valence-electron chi connectivity index (χ4n) is 2.93. The van der Waals surface area contributed by atoms with Crippen molar-refractivity contribution in [3.05, 3.63) is 86.0 Å². The fourth-order valence-corrected chi connectivity index (χ4v) is 4.84. The van der Waals surface area contributed by atoms with Crippen molar-refractivity contribution in [2.24, 2.45) is 4.99 Å². The first-order valence-electron chi connectivity index (χ1n) is 9.91. The van der Waals surface area contributed by atoms with Crippen molar-refractivity contribution >= 4 is 38.4 Å². The number of rotatable bonds is 7. The summed E-state index contributed by atoms with van der Waals surface area (Å²) in [5, 5.41) is 19.1. The number of H-pyrrole nitrogens is 1. The number of aromatic amines is 1. The van der Waals surface area contributed by atoms with Gasteiger partial charge in [0.1, 0.15) is 10.6 Å². The number of hydrogen-bond acceptors (Lipinski definition) is 9. The molecule has 174 valence electrons. The molecule has 2 aromatic carbocycles. The van der Waals surface area contributed by atoms with E-state index in [1.165, 1.54) is 24.3 Å². The van der Waals surface area contributed by atoms with Crippen LogP contribution < -0.4 is 16.0 Å². The molecule has 0 fully saturated rings. The number of nitrogens with one attached hydrogen (secondary N) is 2. The van der Waals surface area contributed by atoms with Crippen LogP contribution in [0.5, 0.6) is 5.88 Å². The number of anilines is 1. The van der Waals surface area contributed by atoms with Crippen molar-refractivity contribution < 1.29 is 13.5 Å². The second-order valence-corrected chi connectivity index (χ2v) is 9.62. The van der Waals surface area contributed by atoms with Gasteiger partial charge in [0.25, 0.3) is 15.6 Å². The number of aryl methyl sites for hydroxylation is 1. The number of nitrogens with zero attached hydrogens (tertiary/aromatic N) is 4. The van der Waals surface area contributed by atoms with Crippen LogP contribution in [0.1, 0.15) is 17.5 Å². The average molecular weight is 499 g/mol. The van der Waals surface area contributed by atoms with Crippen LogP contribution in [0, 0.1) is 0 Å². The molecule has 0 radical (unpaired) electrons. The van der Waals surface area contributed by atoms with E-state index in [9.17, 15) is 23.1 Å². The largest absolute Gasteiger partial charge is 0.493 e. The van der Waals surface area contributed by atoms with Gasteiger partial charge in [0, 0.05) is 6.21 Å². The summed E-state index contributed by atoms with van der Waals surface area (Å²) in [6.07, 6.45) is 1.75. The SMILES string of the molecule is CCc1nnc(NS(=O)(=O)c2ccc(N=Cc3c(O)n(-c4ccccc4)c(=O)[nH]c3=O)cc2)s1. The van der Waals surface area contributed by atoms with Gasteiger partial charge in [0.05, 0.1) is 16.3 Å². The summed E-state index contributed by atoms with van der Waals surface area (Å²) < 4.78 is 28.4. The third kappa shape index (κ3) is 4.79. The minimum atomic E-state index is -3.87. The first kappa shape index (κ1) is 23.1. The molecule has 0 atom stereocenters. The Labute approximate surface area is 197 Å². The molecule has 0 bridgehead atoms. The zero-order valence-corrected chi connectivity index (χ0v) is 19.3. The molecular weight excluding hydrogens is 480 g/mol. The summed E-state index contributed by atoms with van der Waals surface area (Å²) in [7, 11) is -3.87. The average Bonchev–Trinajstić information content (AvgIpc) is 3.26. The lowest BCUT2D eigenvalue weighted by Gasteiger charge is -2.09. The molecule has 2 aromatic heterocycles. The summed E-state index contributed by atoms with van der Waals surface area (Å²) >= 11 is 1.15. The molecule has 0 saturated carbocycles. The third-order valence-corrected chi connectivity index (χ3v) is 7.08. The maximum absolute atomic E-state index is 12.6. The van der Waals surface area contributed by atoms with E-state index >= 15 is 0 Å². The van der Waals surface area contributed by atoms with Crippen LogP contribution in [-0.4, -0.2) is 39.5 Å². The smallest absolute Gasteiger partial charge is 0.335 e. The molecule has 11 nitrogen and oxygen atoms in total. The molecule has 0 saturated heterocycles. The molecule has 0 aliphatic rings. The zero-order valence-electron chi connectivity index (χ0n) is 17.7. The van der Waals surface area contributed by atoms with Gasteiger partial charge in [-0.2, -0.15) is 0 Å². The molecule has 3 N–H and O–H groups in total. The van der Waals surface area contributed by atoms with E-state index in [2.05, 4.69) is 24.9 Å². The number of aromatic hydroxyl groups is 1. The predicted octanol–water partition coefficient (Wildman–Crippen LogP) is 2.20. The number of hydrogen-bond donors (Lipinski definition) is 3.